The number of carbonyl (C=O) groups excluding carboxylic acids is 1. The van der Waals surface area contributed by atoms with Crippen molar-refractivity contribution in [3.63, 3.8) is 0 Å². The molecule has 0 atom stereocenters. The van der Waals surface area contributed by atoms with Gasteiger partial charge in [-0.2, -0.15) is 5.21 Å². The number of nitrogens with zero attached hydrogens (tertiary/aromatic N) is 6. The molecule has 0 unspecified atom stereocenters. The molecular formula is C23H18Cl2N8O. The lowest BCUT2D eigenvalue weighted by Crippen LogP contribution is -2.24. The number of aromatic amines is 1. The third kappa shape index (κ3) is 4.43. The van der Waals surface area contributed by atoms with E-state index >= 15 is 0 Å². The molecule has 0 spiro atoms. The van der Waals surface area contributed by atoms with Gasteiger partial charge in [0.05, 0.1) is 23.3 Å². The van der Waals surface area contributed by atoms with Gasteiger partial charge in [-0.25, -0.2) is 4.99 Å². The first-order chi connectivity index (χ1) is 16.5. The van der Waals surface area contributed by atoms with Crippen LogP contribution < -0.4 is 10.9 Å². The molecule has 1 amide bonds. The smallest absolute Gasteiger partial charge is 0.270 e. The van der Waals surface area contributed by atoms with Crippen molar-refractivity contribution in [3.05, 3.63) is 93.5 Å². The fraction of sp³-hybridized carbons (Fsp3) is 0.0870. The zero-order chi connectivity index (χ0) is 23.7. The van der Waals surface area contributed by atoms with E-state index in [0.29, 0.717) is 27.8 Å². The highest BCUT2D eigenvalue weighted by Gasteiger charge is 2.12. The van der Waals surface area contributed by atoms with Crippen molar-refractivity contribution in [1.29, 1.82) is 0 Å². The number of hydrogen-bond acceptors (Lipinski definition) is 5. The van der Waals surface area contributed by atoms with Gasteiger partial charge in [-0.05, 0) is 53.2 Å². The predicted octanol–water partition coefficient (Wildman–Crippen LogP) is 4.33. The molecule has 5 aromatic rings. The molecule has 170 valence electrons. The summed E-state index contributed by atoms with van der Waals surface area (Å²) in [6, 6.07) is 20.6. The van der Waals surface area contributed by atoms with Crippen LogP contribution in [-0.4, -0.2) is 35.7 Å². The van der Waals surface area contributed by atoms with Crippen LogP contribution in [0.5, 0.6) is 0 Å². The quantitative estimate of drug-likeness (QED) is 0.380. The first kappa shape index (κ1) is 21.9. The van der Waals surface area contributed by atoms with Gasteiger partial charge < -0.3 is 9.13 Å². The molecule has 3 aromatic carbocycles. The Labute approximate surface area is 203 Å². The fourth-order valence-electron chi connectivity index (χ4n) is 3.72. The number of anilines is 1. The number of hydrogen-bond donors (Lipinski definition) is 2. The SMILES string of the molecule is Cn1c(=Nc2cc(Cl)cc(Cl)c2)n(Cc2ccc(C(=O)Nc3nn[nH]n3)cc2)c2ccccc21. The second kappa shape index (κ2) is 9.12. The second-order valence-corrected chi connectivity index (χ2v) is 8.43. The topological polar surface area (TPSA) is 106 Å². The maximum atomic E-state index is 12.4. The third-order valence-corrected chi connectivity index (χ3v) is 5.72. The van der Waals surface area contributed by atoms with Crippen molar-refractivity contribution in [1.82, 2.24) is 29.8 Å². The number of H-pyrrole nitrogens is 1. The van der Waals surface area contributed by atoms with Gasteiger partial charge in [0.2, 0.25) is 5.62 Å². The standard InChI is InChI=1S/C23H18Cl2N8O/c1-32-19-4-2-3-5-20(19)33(23(32)26-18-11-16(24)10-17(25)12-18)13-14-6-8-15(9-7-14)21(34)27-22-28-30-31-29-22/h2-12H,13H2,1H3,(H2,27,28,29,30,31,34). The molecule has 0 aliphatic carbocycles. The highest BCUT2D eigenvalue weighted by Crippen LogP contribution is 2.24. The van der Waals surface area contributed by atoms with Crippen LogP contribution in [0.4, 0.5) is 11.6 Å². The Kier molecular flexibility index (Phi) is 5.87. The van der Waals surface area contributed by atoms with E-state index in [9.17, 15) is 4.79 Å². The van der Waals surface area contributed by atoms with Gasteiger partial charge in [-0.1, -0.05) is 52.6 Å². The van der Waals surface area contributed by atoms with E-state index in [1.165, 1.54) is 0 Å². The Balaban J connectivity index is 1.52. The Morgan fingerprint density at radius 2 is 1.74 bits per heavy atom. The van der Waals surface area contributed by atoms with Crippen LogP contribution in [0.1, 0.15) is 15.9 Å². The lowest BCUT2D eigenvalue weighted by Gasteiger charge is -2.07. The van der Waals surface area contributed by atoms with Crippen LogP contribution >= 0.6 is 23.2 Å². The van der Waals surface area contributed by atoms with E-state index in [-0.39, 0.29) is 11.9 Å². The summed E-state index contributed by atoms with van der Waals surface area (Å²) in [5.74, 6) is -0.202. The minimum atomic E-state index is -0.320. The van der Waals surface area contributed by atoms with Crippen molar-refractivity contribution in [2.24, 2.45) is 12.0 Å². The van der Waals surface area contributed by atoms with Gasteiger partial charge >= 0.3 is 0 Å². The molecule has 2 N–H and O–H groups in total. The number of imidazole rings is 1. The molecule has 9 nitrogen and oxygen atoms in total. The summed E-state index contributed by atoms with van der Waals surface area (Å²) >= 11 is 12.4. The summed E-state index contributed by atoms with van der Waals surface area (Å²) in [5, 5.41) is 16.8. The number of fused-ring (bicyclic) bond motifs is 1. The minimum Gasteiger partial charge on any atom is -0.313 e. The molecule has 0 saturated carbocycles. The fourth-order valence-corrected chi connectivity index (χ4v) is 4.23. The predicted molar refractivity (Wildman–Crippen MR) is 130 cm³/mol. The number of aromatic nitrogens is 6. The number of tetrazole rings is 1. The summed E-state index contributed by atoms with van der Waals surface area (Å²) in [6.07, 6.45) is 0. The van der Waals surface area contributed by atoms with Crippen molar-refractivity contribution in [2.75, 3.05) is 5.32 Å². The maximum Gasteiger partial charge on any atom is 0.270 e. The lowest BCUT2D eigenvalue weighted by molar-refractivity contribution is 0.102. The monoisotopic (exact) mass is 492 g/mol. The zero-order valence-corrected chi connectivity index (χ0v) is 19.4. The van der Waals surface area contributed by atoms with Crippen LogP contribution in [0.25, 0.3) is 11.0 Å². The van der Waals surface area contributed by atoms with Gasteiger partial charge in [0, 0.05) is 22.7 Å². The number of halogens is 2. The van der Waals surface area contributed by atoms with E-state index < -0.39 is 0 Å². The molecular weight excluding hydrogens is 475 g/mol. The largest absolute Gasteiger partial charge is 0.313 e. The first-order valence-electron chi connectivity index (χ1n) is 10.3. The molecule has 0 bridgehead atoms. The molecule has 2 heterocycles. The van der Waals surface area contributed by atoms with E-state index in [1.807, 2.05) is 48.0 Å². The summed E-state index contributed by atoms with van der Waals surface area (Å²) in [5.41, 5.74) is 4.93. The van der Waals surface area contributed by atoms with Gasteiger partial charge in [0.15, 0.2) is 0 Å². The van der Waals surface area contributed by atoms with Gasteiger partial charge in [-0.3, -0.25) is 10.1 Å². The summed E-state index contributed by atoms with van der Waals surface area (Å²) < 4.78 is 4.13. The van der Waals surface area contributed by atoms with Crippen LogP contribution in [0.2, 0.25) is 10.0 Å². The van der Waals surface area contributed by atoms with Gasteiger partial charge in [-0.15, -0.1) is 5.10 Å². The Hall–Kier alpha value is -3.95. The highest BCUT2D eigenvalue weighted by atomic mass is 35.5. The number of benzene rings is 3. The van der Waals surface area contributed by atoms with Crippen LogP contribution in [0.15, 0.2) is 71.7 Å². The van der Waals surface area contributed by atoms with Crippen LogP contribution in [0.3, 0.4) is 0 Å². The third-order valence-electron chi connectivity index (χ3n) is 5.28. The molecule has 0 saturated heterocycles. The van der Waals surface area contributed by atoms with Crippen molar-refractivity contribution in [2.45, 2.75) is 6.54 Å². The molecule has 11 heteroatoms. The van der Waals surface area contributed by atoms with Gasteiger partial charge in [0.1, 0.15) is 0 Å². The Morgan fingerprint density at radius 1 is 1.03 bits per heavy atom. The molecule has 0 radical (unpaired) electrons. The van der Waals surface area contributed by atoms with Crippen LogP contribution in [-0.2, 0) is 13.6 Å². The summed E-state index contributed by atoms with van der Waals surface area (Å²) in [4.78, 5) is 17.2. The van der Waals surface area contributed by atoms with Gasteiger partial charge in [0.25, 0.3) is 11.9 Å². The Bertz CT molecular complexity index is 1530. The molecule has 2 aromatic heterocycles. The van der Waals surface area contributed by atoms with Crippen molar-refractivity contribution < 1.29 is 4.79 Å². The number of aryl methyl sites for hydroxylation is 1. The number of carbonyl (C=O) groups is 1. The van der Waals surface area contributed by atoms with E-state index in [2.05, 4.69) is 30.5 Å². The lowest BCUT2D eigenvalue weighted by atomic mass is 10.1. The first-order valence-corrected chi connectivity index (χ1v) is 11.0. The molecule has 0 aliphatic heterocycles. The summed E-state index contributed by atoms with van der Waals surface area (Å²) in [6.45, 7) is 0.543. The molecule has 34 heavy (non-hydrogen) atoms. The van der Waals surface area contributed by atoms with E-state index in [1.54, 1.807) is 30.3 Å². The van der Waals surface area contributed by atoms with E-state index in [0.717, 1.165) is 22.2 Å². The number of amides is 1. The number of rotatable bonds is 5. The van der Waals surface area contributed by atoms with Crippen LogP contribution in [0, 0.1) is 0 Å². The van der Waals surface area contributed by atoms with E-state index in [4.69, 9.17) is 28.2 Å². The van der Waals surface area contributed by atoms with Crippen molar-refractivity contribution >= 4 is 51.8 Å². The Morgan fingerprint density at radius 3 is 2.41 bits per heavy atom. The number of nitrogens with one attached hydrogen (secondary N) is 2. The maximum absolute atomic E-state index is 12.4. The number of para-hydroxylation sites is 2. The second-order valence-electron chi connectivity index (χ2n) is 7.56. The molecule has 0 aliphatic rings. The minimum absolute atomic E-state index is 0.118. The molecule has 5 rings (SSSR count). The zero-order valence-electron chi connectivity index (χ0n) is 17.9. The normalized spacial score (nSPS) is 11.8. The highest BCUT2D eigenvalue weighted by molar-refractivity contribution is 6.35. The average molecular weight is 493 g/mol. The average Bonchev–Trinajstić information content (AvgIpc) is 3.42. The molecule has 0 fully saturated rings. The van der Waals surface area contributed by atoms with Crippen molar-refractivity contribution in [3.8, 4) is 0 Å². The summed E-state index contributed by atoms with van der Waals surface area (Å²) in [7, 11) is 1.97.